The predicted octanol–water partition coefficient (Wildman–Crippen LogP) is 3.02. The highest BCUT2D eigenvalue weighted by molar-refractivity contribution is 9.10. The van der Waals surface area contributed by atoms with Crippen LogP contribution in [-0.4, -0.2) is 9.55 Å². The quantitative estimate of drug-likeness (QED) is 0.854. The molecule has 0 atom stereocenters. The molecule has 0 aliphatic heterocycles. The number of pyridine rings is 2. The van der Waals surface area contributed by atoms with E-state index >= 15 is 0 Å². The van der Waals surface area contributed by atoms with E-state index in [1.54, 1.807) is 36.1 Å². The second kappa shape index (κ2) is 5.02. The summed E-state index contributed by atoms with van der Waals surface area (Å²) in [4.78, 5) is 15.8. The van der Waals surface area contributed by atoms with Gasteiger partial charge < -0.3 is 4.57 Å². The Bertz CT molecular complexity index is 610. The zero-order chi connectivity index (χ0) is 12.4. The van der Waals surface area contributed by atoms with E-state index in [1.165, 1.54) is 0 Å². The molecule has 0 aliphatic rings. The van der Waals surface area contributed by atoms with Gasteiger partial charge in [0, 0.05) is 28.6 Å². The van der Waals surface area contributed by atoms with Gasteiger partial charge in [0.2, 0.25) is 0 Å². The molecule has 5 heteroatoms. The first-order valence-corrected chi connectivity index (χ1v) is 6.20. The monoisotopic (exact) mass is 312 g/mol. The molecule has 2 heterocycles. The van der Waals surface area contributed by atoms with Gasteiger partial charge in [-0.2, -0.15) is 0 Å². The summed E-state index contributed by atoms with van der Waals surface area (Å²) >= 11 is 9.39. The minimum atomic E-state index is -0.0129. The van der Waals surface area contributed by atoms with Crippen molar-refractivity contribution in [2.45, 2.75) is 13.5 Å². The Morgan fingerprint density at radius 1 is 1.53 bits per heavy atom. The summed E-state index contributed by atoms with van der Waals surface area (Å²) in [6.07, 6.45) is 5.00. The Labute approximate surface area is 112 Å². The lowest BCUT2D eigenvalue weighted by Crippen LogP contribution is -2.22. The van der Waals surface area contributed by atoms with Gasteiger partial charge in [-0.3, -0.25) is 9.78 Å². The number of aromatic nitrogens is 2. The zero-order valence-corrected chi connectivity index (χ0v) is 11.5. The van der Waals surface area contributed by atoms with E-state index in [1.807, 2.05) is 6.07 Å². The van der Waals surface area contributed by atoms with Gasteiger partial charge in [0.15, 0.2) is 0 Å². The van der Waals surface area contributed by atoms with Crippen molar-refractivity contribution < 1.29 is 0 Å². The number of aryl methyl sites for hydroxylation is 1. The van der Waals surface area contributed by atoms with Crippen LogP contribution in [0.4, 0.5) is 0 Å². The third-order valence-electron chi connectivity index (χ3n) is 2.43. The van der Waals surface area contributed by atoms with Crippen LogP contribution < -0.4 is 5.56 Å². The second-order valence-corrected chi connectivity index (χ2v) is 5.06. The number of nitrogens with zero attached hydrogens (tertiary/aromatic N) is 2. The summed E-state index contributed by atoms with van der Waals surface area (Å²) in [5.41, 5.74) is 1.56. The van der Waals surface area contributed by atoms with E-state index in [2.05, 4.69) is 20.9 Å². The molecule has 17 heavy (non-hydrogen) atoms. The lowest BCUT2D eigenvalue weighted by Gasteiger charge is -2.08. The largest absolute Gasteiger partial charge is 0.310 e. The molecule has 2 aromatic rings. The van der Waals surface area contributed by atoms with Gasteiger partial charge in [-0.25, -0.2) is 0 Å². The van der Waals surface area contributed by atoms with E-state index in [9.17, 15) is 4.79 Å². The van der Waals surface area contributed by atoms with Crippen molar-refractivity contribution in [3.8, 4) is 0 Å². The first-order valence-electron chi connectivity index (χ1n) is 5.03. The molecule has 88 valence electrons. The molecule has 0 unspecified atom stereocenters. The summed E-state index contributed by atoms with van der Waals surface area (Å²) < 4.78 is 2.50. The Morgan fingerprint density at radius 2 is 2.29 bits per heavy atom. The molecular weight excluding hydrogens is 304 g/mol. The highest BCUT2D eigenvalue weighted by Gasteiger charge is 2.05. The fourth-order valence-corrected chi connectivity index (χ4v) is 2.34. The van der Waals surface area contributed by atoms with Crippen LogP contribution in [0.15, 0.2) is 40.0 Å². The van der Waals surface area contributed by atoms with Crippen LogP contribution in [-0.2, 0) is 6.54 Å². The molecule has 0 aromatic carbocycles. The van der Waals surface area contributed by atoms with Crippen LogP contribution in [0.1, 0.15) is 11.1 Å². The topological polar surface area (TPSA) is 34.9 Å². The molecule has 0 N–H and O–H groups in total. The van der Waals surface area contributed by atoms with Crippen LogP contribution >= 0.6 is 27.5 Å². The normalized spacial score (nSPS) is 10.5. The number of hydrogen-bond donors (Lipinski definition) is 0. The zero-order valence-electron chi connectivity index (χ0n) is 9.15. The fourth-order valence-electron chi connectivity index (χ4n) is 1.57. The summed E-state index contributed by atoms with van der Waals surface area (Å²) in [7, 11) is 0. The van der Waals surface area contributed by atoms with E-state index in [4.69, 9.17) is 11.6 Å². The van der Waals surface area contributed by atoms with E-state index in [0.29, 0.717) is 17.1 Å². The smallest absolute Gasteiger partial charge is 0.253 e. The highest BCUT2D eigenvalue weighted by atomic mass is 79.9. The molecule has 0 amide bonds. The lowest BCUT2D eigenvalue weighted by molar-refractivity contribution is 0.748. The van der Waals surface area contributed by atoms with Crippen molar-refractivity contribution in [2.75, 3.05) is 0 Å². The summed E-state index contributed by atoms with van der Waals surface area (Å²) in [5.74, 6) is 0. The standard InChI is InChI=1S/C12H10BrClN2O/c1-8-4-10(13)7-16(12(8)17)6-9-2-3-15-5-11(9)14/h2-5,7H,6H2,1H3. The van der Waals surface area contributed by atoms with Crippen LogP contribution in [0.25, 0.3) is 0 Å². The van der Waals surface area contributed by atoms with Crippen molar-refractivity contribution >= 4 is 27.5 Å². The molecular formula is C12H10BrClN2O. The van der Waals surface area contributed by atoms with E-state index in [-0.39, 0.29) is 5.56 Å². The Hall–Kier alpha value is -1.13. The van der Waals surface area contributed by atoms with E-state index in [0.717, 1.165) is 10.0 Å². The van der Waals surface area contributed by atoms with Crippen LogP contribution in [0.5, 0.6) is 0 Å². The van der Waals surface area contributed by atoms with Gasteiger partial charge in [-0.1, -0.05) is 11.6 Å². The average Bonchev–Trinajstić information content (AvgIpc) is 2.28. The highest BCUT2D eigenvalue weighted by Crippen LogP contribution is 2.15. The van der Waals surface area contributed by atoms with Gasteiger partial charge in [0.25, 0.3) is 5.56 Å². The SMILES string of the molecule is Cc1cc(Br)cn(Cc2ccncc2Cl)c1=O. The molecule has 0 aliphatic carbocycles. The van der Waals surface area contributed by atoms with Crippen molar-refractivity contribution in [3.05, 3.63) is 61.7 Å². The maximum Gasteiger partial charge on any atom is 0.253 e. The molecule has 0 bridgehead atoms. The number of halogens is 2. The minimum Gasteiger partial charge on any atom is -0.310 e. The molecule has 0 spiro atoms. The molecule has 0 saturated carbocycles. The third kappa shape index (κ3) is 2.76. The van der Waals surface area contributed by atoms with Gasteiger partial charge >= 0.3 is 0 Å². The van der Waals surface area contributed by atoms with Gasteiger partial charge in [-0.05, 0) is 40.5 Å². The predicted molar refractivity (Wildman–Crippen MR) is 71.5 cm³/mol. The van der Waals surface area contributed by atoms with Crippen LogP contribution in [0.2, 0.25) is 5.02 Å². The van der Waals surface area contributed by atoms with Crippen LogP contribution in [0.3, 0.4) is 0 Å². The molecule has 3 nitrogen and oxygen atoms in total. The Kier molecular flexibility index (Phi) is 3.64. The maximum atomic E-state index is 11.9. The minimum absolute atomic E-state index is 0.0129. The fraction of sp³-hybridized carbons (Fsp3) is 0.167. The summed E-state index contributed by atoms with van der Waals surface area (Å²) in [6.45, 7) is 2.23. The van der Waals surface area contributed by atoms with Crippen molar-refractivity contribution in [1.29, 1.82) is 0 Å². The molecule has 2 rings (SSSR count). The maximum absolute atomic E-state index is 11.9. The van der Waals surface area contributed by atoms with Crippen molar-refractivity contribution in [3.63, 3.8) is 0 Å². The Morgan fingerprint density at radius 3 is 3.00 bits per heavy atom. The molecule has 0 radical (unpaired) electrons. The third-order valence-corrected chi connectivity index (χ3v) is 3.20. The Balaban J connectivity index is 2.44. The first-order chi connectivity index (χ1) is 8.08. The number of hydrogen-bond acceptors (Lipinski definition) is 2. The molecule has 0 saturated heterocycles. The van der Waals surface area contributed by atoms with E-state index < -0.39 is 0 Å². The van der Waals surface area contributed by atoms with Gasteiger partial charge in [0.05, 0.1) is 11.6 Å². The lowest BCUT2D eigenvalue weighted by atomic mass is 10.2. The second-order valence-electron chi connectivity index (χ2n) is 3.74. The summed E-state index contributed by atoms with van der Waals surface area (Å²) in [6, 6.07) is 3.61. The molecule has 2 aromatic heterocycles. The first kappa shape index (κ1) is 12.3. The molecule has 0 fully saturated rings. The average molecular weight is 314 g/mol. The summed E-state index contributed by atoms with van der Waals surface area (Å²) in [5, 5.41) is 0.567. The van der Waals surface area contributed by atoms with Crippen molar-refractivity contribution in [1.82, 2.24) is 9.55 Å². The van der Waals surface area contributed by atoms with Crippen molar-refractivity contribution in [2.24, 2.45) is 0 Å². The van der Waals surface area contributed by atoms with Gasteiger partial charge in [-0.15, -0.1) is 0 Å². The van der Waals surface area contributed by atoms with Crippen LogP contribution in [0, 0.1) is 6.92 Å². The van der Waals surface area contributed by atoms with Gasteiger partial charge in [0.1, 0.15) is 0 Å². The number of rotatable bonds is 2.